The molecule has 258 valence electrons. The van der Waals surface area contributed by atoms with E-state index >= 15 is 4.39 Å². The minimum absolute atomic E-state index is 0.0837. The van der Waals surface area contributed by atoms with Crippen molar-refractivity contribution in [1.82, 2.24) is 20.4 Å². The molecule has 5 amide bonds. The molecule has 0 spiro atoms. The molecule has 0 aliphatic carbocycles. The summed E-state index contributed by atoms with van der Waals surface area (Å²) in [7, 11) is 0. The number of anilines is 1. The van der Waals surface area contributed by atoms with Crippen molar-refractivity contribution in [2.75, 3.05) is 31.5 Å². The van der Waals surface area contributed by atoms with Gasteiger partial charge in [0.15, 0.2) is 0 Å². The number of nitrogens with zero attached hydrogens (tertiary/aromatic N) is 2. The zero-order valence-corrected chi connectivity index (χ0v) is 27.6. The van der Waals surface area contributed by atoms with Gasteiger partial charge in [-0.2, -0.15) is 0 Å². The molecule has 1 atom stereocenters. The molecule has 5 rings (SSSR count). The van der Waals surface area contributed by atoms with Gasteiger partial charge in [-0.1, -0.05) is 55.5 Å². The molecule has 1 fully saturated rings. The summed E-state index contributed by atoms with van der Waals surface area (Å²) in [6.45, 7) is 5.76. The number of ether oxygens (including phenoxy) is 1. The Morgan fingerprint density at radius 1 is 0.980 bits per heavy atom. The molecule has 1 unspecified atom stereocenters. The fourth-order valence-corrected chi connectivity index (χ4v) is 6.36. The van der Waals surface area contributed by atoms with Gasteiger partial charge in [0.25, 0.3) is 0 Å². The Labute approximate surface area is 284 Å². The third kappa shape index (κ3) is 8.88. The summed E-state index contributed by atoms with van der Waals surface area (Å²) in [6, 6.07) is 16.5. The van der Waals surface area contributed by atoms with Crippen LogP contribution in [0.1, 0.15) is 68.2 Å². The molecule has 0 bridgehead atoms. The predicted molar refractivity (Wildman–Crippen MR) is 180 cm³/mol. The van der Waals surface area contributed by atoms with E-state index < -0.39 is 35.7 Å². The highest BCUT2D eigenvalue weighted by Crippen LogP contribution is 2.37. The molecular formula is C37H41F2N5O5. The number of imide groups is 1. The van der Waals surface area contributed by atoms with Crippen molar-refractivity contribution in [1.29, 1.82) is 0 Å². The Morgan fingerprint density at radius 2 is 1.73 bits per heavy atom. The molecule has 1 saturated heterocycles. The second-order valence-corrected chi connectivity index (χ2v) is 12.2. The number of hydrogen-bond donors (Lipinski definition) is 3. The number of likely N-dealkylation sites (tertiary alicyclic amines) is 1. The van der Waals surface area contributed by atoms with E-state index in [4.69, 9.17) is 4.74 Å². The second kappa shape index (κ2) is 16.3. The maximum Gasteiger partial charge on any atom is 0.338 e. The predicted octanol–water partition coefficient (Wildman–Crippen LogP) is 6.38. The first-order valence-electron chi connectivity index (χ1n) is 16.5. The van der Waals surface area contributed by atoms with Gasteiger partial charge >= 0.3 is 18.0 Å². The Bertz CT molecular complexity index is 1710. The lowest BCUT2D eigenvalue weighted by Gasteiger charge is -2.37. The van der Waals surface area contributed by atoms with Crippen LogP contribution < -0.4 is 16.0 Å². The van der Waals surface area contributed by atoms with Crippen LogP contribution in [0.5, 0.6) is 0 Å². The molecule has 3 aromatic carbocycles. The zero-order valence-electron chi connectivity index (χ0n) is 27.6. The van der Waals surface area contributed by atoms with Gasteiger partial charge < -0.3 is 25.6 Å². The number of amides is 5. The van der Waals surface area contributed by atoms with Gasteiger partial charge in [0.2, 0.25) is 5.91 Å². The van der Waals surface area contributed by atoms with Crippen molar-refractivity contribution in [2.45, 2.75) is 58.1 Å². The van der Waals surface area contributed by atoms with E-state index in [0.29, 0.717) is 30.5 Å². The number of carbonyl (C=O) groups excluding carboxylic acids is 4. The van der Waals surface area contributed by atoms with Gasteiger partial charge in [-0.05, 0) is 80.6 Å². The minimum Gasteiger partial charge on any atom is -0.457 e. The van der Waals surface area contributed by atoms with Gasteiger partial charge in [0.1, 0.15) is 24.3 Å². The van der Waals surface area contributed by atoms with Crippen molar-refractivity contribution in [3.05, 3.63) is 112 Å². The topological polar surface area (TPSA) is 120 Å². The molecule has 3 N–H and O–H groups in total. The molecule has 2 heterocycles. The number of urea groups is 2. The number of carbonyl (C=O) groups is 4. The Morgan fingerprint density at radius 3 is 2.43 bits per heavy atom. The second-order valence-electron chi connectivity index (χ2n) is 12.2. The van der Waals surface area contributed by atoms with Crippen molar-refractivity contribution >= 4 is 29.6 Å². The van der Waals surface area contributed by atoms with Gasteiger partial charge in [-0.25, -0.2) is 28.1 Å². The highest BCUT2D eigenvalue weighted by atomic mass is 19.1. The summed E-state index contributed by atoms with van der Waals surface area (Å²) in [5, 5.41) is 8.20. The van der Waals surface area contributed by atoms with Gasteiger partial charge in [0.05, 0.1) is 5.57 Å². The van der Waals surface area contributed by atoms with Crippen molar-refractivity contribution < 1.29 is 32.7 Å². The largest absolute Gasteiger partial charge is 0.457 e. The summed E-state index contributed by atoms with van der Waals surface area (Å²) >= 11 is 0. The van der Waals surface area contributed by atoms with Crippen LogP contribution in [0.3, 0.4) is 0 Å². The quantitative estimate of drug-likeness (QED) is 0.161. The Kier molecular flexibility index (Phi) is 11.7. The number of rotatable bonds is 11. The van der Waals surface area contributed by atoms with E-state index in [1.807, 2.05) is 24.3 Å². The van der Waals surface area contributed by atoms with E-state index in [9.17, 15) is 23.6 Å². The van der Waals surface area contributed by atoms with E-state index in [2.05, 4.69) is 26.9 Å². The minimum atomic E-state index is -1.49. The summed E-state index contributed by atoms with van der Waals surface area (Å²) < 4.78 is 34.8. The monoisotopic (exact) mass is 673 g/mol. The fourth-order valence-electron chi connectivity index (χ4n) is 6.36. The summed E-state index contributed by atoms with van der Waals surface area (Å²) in [6.07, 6.45) is 2.67. The van der Waals surface area contributed by atoms with Crippen LogP contribution in [0.25, 0.3) is 0 Å². The van der Waals surface area contributed by atoms with Gasteiger partial charge in [-0.3, -0.25) is 4.79 Å². The van der Waals surface area contributed by atoms with Crippen molar-refractivity contribution in [3.63, 3.8) is 0 Å². The maximum absolute atomic E-state index is 15.3. The third-order valence-electron chi connectivity index (χ3n) is 8.79. The van der Waals surface area contributed by atoms with E-state index in [1.165, 1.54) is 12.5 Å². The normalized spacial score (nSPS) is 17.0. The fraction of sp³-hybridized carbons (Fsp3) is 0.351. The van der Waals surface area contributed by atoms with Crippen LogP contribution in [0.15, 0.2) is 84.1 Å². The van der Waals surface area contributed by atoms with Crippen LogP contribution in [0, 0.1) is 11.6 Å². The van der Waals surface area contributed by atoms with Gasteiger partial charge in [0, 0.05) is 36.5 Å². The maximum atomic E-state index is 15.3. The average Bonchev–Trinajstić information content (AvgIpc) is 3.09. The standard InChI is InChI=1S/C37H41F2N5O5/c1-3-32-33(35(46)49-23-25-9-5-4-6-10-25)34(30-14-13-28(38)22-31(30)39)44(37(48)42-32)36(47)40-17-8-18-43-19-15-26(16-20-43)27-11-7-12-29(21-27)41-24(2)45/h4-7,9-14,21-22,26,34H,3,8,15-20,23H2,1-2H3,(H,40,47)(H,41,45)(H,42,48). The number of allylic oxidation sites excluding steroid dienone is 1. The van der Waals surface area contributed by atoms with Crippen molar-refractivity contribution in [3.8, 4) is 0 Å². The van der Waals surface area contributed by atoms with E-state index in [-0.39, 0.29) is 42.3 Å². The van der Waals surface area contributed by atoms with E-state index in [1.54, 1.807) is 31.2 Å². The lowest BCUT2D eigenvalue weighted by Crippen LogP contribution is -2.55. The Balaban J connectivity index is 1.23. The average molecular weight is 674 g/mol. The molecule has 2 aliphatic rings. The summed E-state index contributed by atoms with van der Waals surface area (Å²) in [4.78, 5) is 55.0. The van der Waals surface area contributed by atoms with Crippen LogP contribution in [0.2, 0.25) is 0 Å². The highest BCUT2D eigenvalue weighted by molar-refractivity contribution is 6.01. The number of hydrogen-bond acceptors (Lipinski definition) is 6. The lowest BCUT2D eigenvalue weighted by atomic mass is 9.89. The molecular weight excluding hydrogens is 632 g/mol. The number of piperidine rings is 1. The first kappa shape index (κ1) is 35.2. The number of halogens is 2. The molecule has 12 heteroatoms. The third-order valence-corrected chi connectivity index (χ3v) is 8.79. The first-order valence-corrected chi connectivity index (χ1v) is 16.5. The Hall–Kier alpha value is -5.10. The van der Waals surface area contributed by atoms with Gasteiger partial charge in [-0.15, -0.1) is 0 Å². The van der Waals surface area contributed by atoms with Crippen LogP contribution in [-0.4, -0.2) is 59.9 Å². The van der Waals surface area contributed by atoms with E-state index in [0.717, 1.165) is 48.7 Å². The van der Waals surface area contributed by atoms with Crippen molar-refractivity contribution in [2.24, 2.45) is 0 Å². The summed E-state index contributed by atoms with van der Waals surface area (Å²) in [5.41, 5.74) is 2.56. The number of nitrogens with one attached hydrogen (secondary N) is 3. The lowest BCUT2D eigenvalue weighted by molar-refractivity contribution is -0.141. The summed E-state index contributed by atoms with van der Waals surface area (Å²) in [5.74, 6) is -2.42. The van der Waals surface area contributed by atoms with Crippen LogP contribution in [0.4, 0.5) is 24.1 Å². The molecule has 3 aromatic rings. The highest BCUT2D eigenvalue weighted by Gasteiger charge is 2.43. The molecule has 0 saturated carbocycles. The molecule has 0 aromatic heterocycles. The molecule has 49 heavy (non-hydrogen) atoms. The first-order chi connectivity index (χ1) is 23.6. The molecule has 2 aliphatic heterocycles. The van der Waals surface area contributed by atoms with Crippen LogP contribution in [-0.2, 0) is 20.9 Å². The number of benzene rings is 3. The molecule has 0 radical (unpaired) electrons. The smallest absolute Gasteiger partial charge is 0.338 e. The molecule has 10 nitrogen and oxygen atoms in total. The van der Waals surface area contributed by atoms with Crippen LogP contribution >= 0.6 is 0 Å². The zero-order chi connectivity index (χ0) is 34.9. The number of esters is 1. The SMILES string of the molecule is CCC1=C(C(=O)OCc2ccccc2)C(c2ccc(F)cc2F)N(C(=O)NCCCN2CCC(c3cccc(NC(C)=O)c3)CC2)C(=O)N1.